The van der Waals surface area contributed by atoms with E-state index in [0.717, 1.165) is 0 Å². The third-order valence-electron chi connectivity index (χ3n) is 3.39. The van der Waals surface area contributed by atoms with Crippen LogP contribution in [0.1, 0.15) is 22.8 Å². The number of nitrogens with one attached hydrogen (secondary N) is 1. The van der Waals surface area contributed by atoms with Gasteiger partial charge in [0.05, 0.1) is 13.7 Å². The summed E-state index contributed by atoms with van der Waals surface area (Å²) in [7, 11) is 1.54. The fraction of sp³-hybridized carbons (Fsp3) is 0.235. The zero-order chi connectivity index (χ0) is 16.2. The molecule has 1 atom stereocenters. The molecule has 0 aromatic heterocycles. The molecule has 22 heavy (non-hydrogen) atoms. The smallest absolute Gasteiger partial charge is 0.251 e. The van der Waals surface area contributed by atoms with Gasteiger partial charge in [0.1, 0.15) is 11.4 Å². The van der Waals surface area contributed by atoms with Crippen LogP contribution in [-0.4, -0.2) is 24.7 Å². The summed E-state index contributed by atoms with van der Waals surface area (Å²) in [6.07, 6.45) is 0. The fourth-order valence-corrected chi connectivity index (χ4v) is 2.16. The molecule has 0 bridgehead atoms. The number of ether oxygens (including phenoxy) is 1. The molecule has 5 heteroatoms. The number of amides is 1. The monoisotopic (exact) mass is 319 g/mol. The van der Waals surface area contributed by atoms with Crippen molar-refractivity contribution >= 4 is 17.5 Å². The molecule has 0 spiro atoms. The lowest BCUT2D eigenvalue weighted by Gasteiger charge is -2.24. The molecule has 0 aliphatic heterocycles. The van der Waals surface area contributed by atoms with E-state index in [9.17, 15) is 9.90 Å². The third-order valence-corrected chi connectivity index (χ3v) is 3.64. The van der Waals surface area contributed by atoms with E-state index >= 15 is 0 Å². The van der Waals surface area contributed by atoms with Gasteiger partial charge in [-0.25, -0.2) is 0 Å². The quantitative estimate of drug-likeness (QED) is 0.890. The van der Waals surface area contributed by atoms with Crippen molar-refractivity contribution in [1.82, 2.24) is 5.32 Å². The van der Waals surface area contributed by atoms with Crippen LogP contribution in [0.4, 0.5) is 0 Å². The van der Waals surface area contributed by atoms with Crippen LogP contribution in [-0.2, 0) is 5.60 Å². The Labute approximate surface area is 134 Å². The Morgan fingerprint density at radius 1 is 1.27 bits per heavy atom. The van der Waals surface area contributed by atoms with Gasteiger partial charge < -0.3 is 15.2 Å². The van der Waals surface area contributed by atoms with Crippen LogP contribution in [0.3, 0.4) is 0 Å². The highest BCUT2D eigenvalue weighted by molar-refractivity contribution is 6.30. The van der Waals surface area contributed by atoms with Gasteiger partial charge in [0.2, 0.25) is 0 Å². The topological polar surface area (TPSA) is 58.6 Å². The van der Waals surface area contributed by atoms with Crippen LogP contribution in [0.2, 0.25) is 5.02 Å². The number of hydrogen-bond donors (Lipinski definition) is 2. The zero-order valence-electron chi connectivity index (χ0n) is 12.5. The number of halogens is 1. The van der Waals surface area contributed by atoms with Crippen LogP contribution in [0, 0.1) is 0 Å². The third kappa shape index (κ3) is 4.00. The first kappa shape index (κ1) is 16.3. The van der Waals surface area contributed by atoms with Crippen molar-refractivity contribution < 1.29 is 14.6 Å². The number of benzene rings is 2. The van der Waals surface area contributed by atoms with Gasteiger partial charge in [-0.15, -0.1) is 0 Å². The molecule has 1 amide bonds. The van der Waals surface area contributed by atoms with E-state index in [1.54, 1.807) is 62.6 Å². The normalized spacial score (nSPS) is 13.3. The van der Waals surface area contributed by atoms with E-state index in [2.05, 4.69) is 5.32 Å². The number of hydrogen-bond acceptors (Lipinski definition) is 3. The zero-order valence-corrected chi connectivity index (χ0v) is 13.2. The summed E-state index contributed by atoms with van der Waals surface area (Å²) >= 11 is 5.83. The number of carbonyl (C=O) groups excluding carboxylic acids is 1. The lowest BCUT2D eigenvalue weighted by Crippen LogP contribution is -2.38. The van der Waals surface area contributed by atoms with E-state index in [1.807, 2.05) is 0 Å². The van der Waals surface area contributed by atoms with Gasteiger partial charge in [0.15, 0.2) is 0 Å². The van der Waals surface area contributed by atoms with Crippen LogP contribution in [0.25, 0.3) is 0 Å². The van der Waals surface area contributed by atoms with Gasteiger partial charge in [0, 0.05) is 10.6 Å². The van der Waals surface area contributed by atoms with E-state index in [-0.39, 0.29) is 12.5 Å². The molecule has 2 N–H and O–H groups in total. The molecular formula is C17H18ClNO3. The van der Waals surface area contributed by atoms with Crippen molar-refractivity contribution in [2.45, 2.75) is 12.5 Å². The van der Waals surface area contributed by atoms with Gasteiger partial charge in [0.25, 0.3) is 5.91 Å². The van der Waals surface area contributed by atoms with Crippen molar-refractivity contribution in [2.24, 2.45) is 0 Å². The highest BCUT2D eigenvalue weighted by Gasteiger charge is 2.24. The van der Waals surface area contributed by atoms with Crippen LogP contribution < -0.4 is 10.1 Å². The molecule has 0 saturated heterocycles. The summed E-state index contributed by atoms with van der Waals surface area (Å²) in [6.45, 7) is 1.73. The lowest BCUT2D eigenvalue weighted by molar-refractivity contribution is 0.0526. The number of rotatable bonds is 5. The molecule has 0 radical (unpaired) electrons. The van der Waals surface area contributed by atoms with Crippen LogP contribution in [0.5, 0.6) is 5.75 Å². The maximum Gasteiger partial charge on any atom is 0.251 e. The average molecular weight is 320 g/mol. The van der Waals surface area contributed by atoms with Gasteiger partial charge >= 0.3 is 0 Å². The Balaban J connectivity index is 2.04. The van der Waals surface area contributed by atoms with Crippen LogP contribution in [0.15, 0.2) is 48.5 Å². The van der Waals surface area contributed by atoms with E-state index in [4.69, 9.17) is 16.3 Å². The maximum atomic E-state index is 12.1. The minimum Gasteiger partial charge on any atom is -0.497 e. The van der Waals surface area contributed by atoms with Gasteiger partial charge in [-0.2, -0.15) is 0 Å². The second-order valence-corrected chi connectivity index (χ2v) is 5.63. The summed E-state index contributed by atoms with van der Waals surface area (Å²) in [5.41, 5.74) is -0.0202. The Bertz CT molecular complexity index is 653. The molecule has 0 aliphatic rings. The summed E-state index contributed by atoms with van der Waals surface area (Å²) in [5, 5.41) is 13.8. The molecule has 1 unspecified atom stereocenters. The summed E-state index contributed by atoms with van der Waals surface area (Å²) in [4.78, 5) is 12.1. The molecule has 2 aromatic carbocycles. The molecule has 0 heterocycles. The lowest BCUT2D eigenvalue weighted by atomic mass is 9.96. The maximum absolute atomic E-state index is 12.1. The van der Waals surface area contributed by atoms with Gasteiger partial charge in [-0.1, -0.05) is 29.8 Å². The molecule has 0 aliphatic carbocycles. The first-order chi connectivity index (χ1) is 10.4. The summed E-state index contributed by atoms with van der Waals surface area (Å²) < 4.78 is 5.09. The van der Waals surface area contributed by atoms with E-state index < -0.39 is 5.60 Å². The van der Waals surface area contributed by atoms with Crippen LogP contribution >= 0.6 is 11.6 Å². The highest BCUT2D eigenvalue weighted by Crippen LogP contribution is 2.22. The number of aliphatic hydroxyl groups is 1. The van der Waals surface area contributed by atoms with Crippen molar-refractivity contribution in [3.05, 3.63) is 64.7 Å². The standard InChI is InChI=1S/C17H18ClNO3/c1-17(21,13-6-8-14(18)9-7-13)11-19-16(20)12-4-3-5-15(10-12)22-2/h3-10,21H,11H2,1-2H3,(H,19,20). The van der Waals surface area contributed by atoms with Gasteiger partial charge in [-0.3, -0.25) is 4.79 Å². The predicted octanol–water partition coefficient (Wildman–Crippen LogP) is 2.99. The first-order valence-corrected chi connectivity index (χ1v) is 7.21. The number of methoxy groups -OCH3 is 1. The largest absolute Gasteiger partial charge is 0.497 e. The second kappa shape index (κ2) is 6.81. The summed E-state index contributed by atoms with van der Waals surface area (Å²) in [5.74, 6) is 0.338. The minimum atomic E-state index is -1.18. The van der Waals surface area contributed by atoms with Crippen molar-refractivity contribution in [2.75, 3.05) is 13.7 Å². The van der Waals surface area contributed by atoms with E-state index in [0.29, 0.717) is 21.9 Å². The SMILES string of the molecule is COc1cccc(C(=O)NCC(C)(O)c2ccc(Cl)cc2)c1. The molecule has 2 aromatic rings. The molecule has 4 nitrogen and oxygen atoms in total. The Morgan fingerprint density at radius 2 is 1.95 bits per heavy atom. The number of carbonyl (C=O) groups is 1. The Morgan fingerprint density at radius 3 is 2.59 bits per heavy atom. The predicted molar refractivity (Wildman–Crippen MR) is 86.4 cm³/mol. The minimum absolute atomic E-state index is 0.0880. The van der Waals surface area contributed by atoms with E-state index in [1.165, 1.54) is 0 Å². The molecule has 0 fully saturated rings. The first-order valence-electron chi connectivity index (χ1n) is 6.83. The van der Waals surface area contributed by atoms with Gasteiger partial charge in [-0.05, 0) is 42.8 Å². The van der Waals surface area contributed by atoms with Crippen molar-refractivity contribution in [3.63, 3.8) is 0 Å². The average Bonchev–Trinajstić information content (AvgIpc) is 2.53. The summed E-state index contributed by atoms with van der Waals surface area (Å²) in [6, 6.07) is 13.7. The second-order valence-electron chi connectivity index (χ2n) is 5.20. The Hall–Kier alpha value is -2.04. The molecule has 2 rings (SSSR count). The van der Waals surface area contributed by atoms with Crippen molar-refractivity contribution in [3.8, 4) is 5.75 Å². The molecular weight excluding hydrogens is 302 g/mol. The Kier molecular flexibility index (Phi) is 5.06. The van der Waals surface area contributed by atoms with Crippen molar-refractivity contribution in [1.29, 1.82) is 0 Å². The molecule has 0 saturated carbocycles. The highest BCUT2D eigenvalue weighted by atomic mass is 35.5. The fourth-order valence-electron chi connectivity index (χ4n) is 2.03. The molecule has 116 valence electrons.